The first-order chi connectivity index (χ1) is 9.38. The Balaban J connectivity index is 1.91. The van der Waals surface area contributed by atoms with Gasteiger partial charge in [-0.3, -0.25) is 0 Å². The Morgan fingerprint density at radius 2 is 2.05 bits per heavy atom. The van der Waals surface area contributed by atoms with Crippen LogP contribution >= 0.6 is 0 Å². The molecule has 1 aromatic carbocycles. The van der Waals surface area contributed by atoms with Gasteiger partial charge < -0.3 is 4.74 Å². The summed E-state index contributed by atoms with van der Waals surface area (Å²) in [4.78, 5) is 0. The zero-order valence-electron chi connectivity index (χ0n) is 12.9. The van der Waals surface area contributed by atoms with Gasteiger partial charge in [0.15, 0.2) is 0 Å². The minimum absolute atomic E-state index is 0.230. The molecule has 0 amide bonds. The minimum atomic E-state index is 0.230. The van der Waals surface area contributed by atoms with E-state index >= 15 is 0 Å². The van der Waals surface area contributed by atoms with Crippen molar-refractivity contribution < 1.29 is 4.74 Å². The van der Waals surface area contributed by atoms with Crippen LogP contribution in [-0.4, -0.2) is 6.10 Å². The number of fused-ring (bicyclic) bond motifs is 2. The standard InChI is InChI=1S/C18H23NO/c1-12-5-6-13(11-19)15(9-12)20-16-10-14-7-8-18(16,4)17(14,2)3/h5-6,9,14,16H,7-8,10H2,1-4H3. The number of hydrogen-bond donors (Lipinski definition) is 0. The summed E-state index contributed by atoms with van der Waals surface area (Å²) in [6.07, 6.45) is 3.93. The minimum Gasteiger partial charge on any atom is -0.488 e. The van der Waals surface area contributed by atoms with Gasteiger partial charge in [0.25, 0.3) is 0 Å². The molecule has 0 saturated heterocycles. The number of nitriles is 1. The van der Waals surface area contributed by atoms with Gasteiger partial charge in [-0.2, -0.15) is 5.26 Å². The second-order valence-electron chi connectivity index (χ2n) is 7.33. The first-order valence-corrected chi connectivity index (χ1v) is 7.56. The molecule has 106 valence electrons. The average molecular weight is 269 g/mol. The van der Waals surface area contributed by atoms with Crippen LogP contribution < -0.4 is 4.74 Å². The first-order valence-electron chi connectivity index (χ1n) is 7.56. The number of benzene rings is 1. The SMILES string of the molecule is Cc1ccc(C#N)c(OC2CC3CCC2(C)C3(C)C)c1. The third kappa shape index (κ3) is 1.69. The predicted octanol–water partition coefficient (Wildman–Crippen LogP) is 4.46. The van der Waals surface area contributed by atoms with Crippen molar-refractivity contribution in [1.82, 2.24) is 0 Å². The van der Waals surface area contributed by atoms with Gasteiger partial charge >= 0.3 is 0 Å². The van der Waals surface area contributed by atoms with Gasteiger partial charge in [0.05, 0.1) is 5.56 Å². The Labute approximate surface area is 121 Å². The molecular formula is C18H23NO. The fourth-order valence-corrected chi connectivity index (χ4v) is 4.28. The predicted molar refractivity (Wildman–Crippen MR) is 79.5 cm³/mol. The lowest BCUT2D eigenvalue weighted by Crippen LogP contribution is -2.39. The van der Waals surface area contributed by atoms with Crippen molar-refractivity contribution in [2.45, 2.75) is 53.1 Å². The molecule has 0 N–H and O–H groups in total. The van der Waals surface area contributed by atoms with E-state index in [2.05, 4.69) is 26.8 Å². The van der Waals surface area contributed by atoms with Gasteiger partial charge in [0.1, 0.15) is 17.9 Å². The fraction of sp³-hybridized carbons (Fsp3) is 0.611. The zero-order chi connectivity index (χ0) is 14.5. The van der Waals surface area contributed by atoms with Crippen molar-refractivity contribution in [1.29, 1.82) is 5.26 Å². The smallest absolute Gasteiger partial charge is 0.137 e. The van der Waals surface area contributed by atoms with Gasteiger partial charge in [-0.05, 0) is 55.2 Å². The molecule has 2 nitrogen and oxygen atoms in total. The molecule has 0 radical (unpaired) electrons. The molecule has 2 fully saturated rings. The van der Waals surface area contributed by atoms with E-state index in [1.54, 1.807) is 0 Å². The number of ether oxygens (including phenoxy) is 1. The van der Waals surface area contributed by atoms with Gasteiger partial charge in [-0.15, -0.1) is 0 Å². The van der Waals surface area contributed by atoms with Gasteiger partial charge in [0, 0.05) is 5.41 Å². The molecule has 0 aromatic heterocycles. The molecule has 3 unspecified atom stereocenters. The molecule has 3 rings (SSSR count). The molecule has 3 atom stereocenters. The van der Waals surface area contributed by atoms with Crippen LogP contribution in [0.3, 0.4) is 0 Å². The summed E-state index contributed by atoms with van der Waals surface area (Å²) in [5.41, 5.74) is 2.37. The third-order valence-corrected chi connectivity index (χ3v) is 6.24. The largest absolute Gasteiger partial charge is 0.488 e. The van der Waals surface area contributed by atoms with Crippen LogP contribution in [0.5, 0.6) is 5.75 Å². The van der Waals surface area contributed by atoms with Crippen LogP contribution in [-0.2, 0) is 0 Å². The summed E-state index contributed by atoms with van der Waals surface area (Å²) < 4.78 is 6.33. The second kappa shape index (κ2) is 4.25. The van der Waals surface area contributed by atoms with E-state index in [9.17, 15) is 5.26 Å². The van der Waals surface area contributed by atoms with Crippen LogP contribution in [0.4, 0.5) is 0 Å². The lowest BCUT2D eigenvalue weighted by molar-refractivity contribution is 0.0299. The maximum Gasteiger partial charge on any atom is 0.137 e. The van der Waals surface area contributed by atoms with E-state index in [4.69, 9.17) is 4.74 Å². The highest BCUT2D eigenvalue weighted by atomic mass is 16.5. The van der Waals surface area contributed by atoms with Gasteiger partial charge in [0.2, 0.25) is 0 Å². The quantitative estimate of drug-likeness (QED) is 0.794. The van der Waals surface area contributed by atoms with E-state index in [1.807, 2.05) is 25.1 Å². The molecule has 0 aliphatic heterocycles. The van der Waals surface area contributed by atoms with Crippen molar-refractivity contribution in [3.63, 3.8) is 0 Å². The summed E-state index contributed by atoms with van der Waals surface area (Å²) in [5, 5.41) is 9.25. The lowest BCUT2D eigenvalue weighted by Gasteiger charge is -2.39. The van der Waals surface area contributed by atoms with Crippen molar-refractivity contribution in [3.8, 4) is 11.8 Å². The summed E-state index contributed by atoms with van der Waals surface area (Å²) in [5.74, 6) is 1.52. The number of rotatable bonds is 2. The summed E-state index contributed by atoms with van der Waals surface area (Å²) in [6.45, 7) is 9.18. The Kier molecular flexibility index (Phi) is 2.87. The molecular weight excluding hydrogens is 246 g/mol. The highest BCUT2D eigenvalue weighted by Crippen LogP contribution is 2.66. The zero-order valence-corrected chi connectivity index (χ0v) is 12.9. The van der Waals surface area contributed by atoms with E-state index < -0.39 is 0 Å². The van der Waals surface area contributed by atoms with E-state index in [0.717, 1.165) is 23.7 Å². The number of hydrogen-bond acceptors (Lipinski definition) is 2. The number of nitrogens with zero attached hydrogens (tertiary/aromatic N) is 1. The Bertz CT molecular complexity index is 584. The summed E-state index contributed by atoms with van der Waals surface area (Å²) in [6, 6.07) is 8.09. The van der Waals surface area contributed by atoms with E-state index in [-0.39, 0.29) is 11.5 Å². The summed E-state index contributed by atoms with van der Waals surface area (Å²) in [7, 11) is 0. The monoisotopic (exact) mass is 269 g/mol. The molecule has 2 bridgehead atoms. The van der Waals surface area contributed by atoms with E-state index in [0.29, 0.717) is 11.0 Å². The highest BCUT2D eigenvalue weighted by Gasteiger charge is 2.62. The Morgan fingerprint density at radius 3 is 2.60 bits per heavy atom. The van der Waals surface area contributed by atoms with E-state index in [1.165, 1.54) is 12.8 Å². The van der Waals surface area contributed by atoms with Crippen LogP contribution in [0.2, 0.25) is 0 Å². The van der Waals surface area contributed by atoms with Crippen molar-refractivity contribution >= 4 is 0 Å². The van der Waals surface area contributed by atoms with Crippen molar-refractivity contribution in [2.75, 3.05) is 0 Å². The number of aryl methyl sites for hydroxylation is 1. The highest BCUT2D eigenvalue weighted by molar-refractivity contribution is 5.45. The maximum atomic E-state index is 9.25. The lowest BCUT2D eigenvalue weighted by atomic mass is 9.70. The third-order valence-electron chi connectivity index (χ3n) is 6.24. The van der Waals surface area contributed by atoms with Crippen LogP contribution in [0, 0.1) is 35.0 Å². The van der Waals surface area contributed by atoms with Crippen LogP contribution in [0.15, 0.2) is 18.2 Å². The van der Waals surface area contributed by atoms with Crippen LogP contribution in [0.25, 0.3) is 0 Å². The summed E-state index contributed by atoms with van der Waals surface area (Å²) >= 11 is 0. The molecule has 1 aromatic rings. The molecule has 0 spiro atoms. The molecule has 20 heavy (non-hydrogen) atoms. The second-order valence-corrected chi connectivity index (χ2v) is 7.33. The van der Waals surface area contributed by atoms with Crippen LogP contribution in [0.1, 0.15) is 51.2 Å². The maximum absolute atomic E-state index is 9.25. The topological polar surface area (TPSA) is 33.0 Å². The normalized spacial score (nSPS) is 34.0. The molecule has 2 aliphatic carbocycles. The molecule has 2 saturated carbocycles. The van der Waals surface area contributed by atoms with Crippen molar-refractivity contribution in [2.24, 2.45) is 16.7 Å². The van der Waals surface area contributed by atoms with Gasteiger partial charge in [-0.25, -0.2) is 0 Å². The average Bonchev–Trinajstić information content (AvgIpc) is 2.72. The Morgan fingerprint density at radius 1 is 1.30 bits per heavy atom. The fourth-order valence-electron chi connectivity index (χ4n) is 4.28. The first kappa shape index (κ1) is 13.5. The molecule has 2 aliphatic rings. The van der Waals surface area contributed by atoms with Gasteiger partial charge in [-0.1, -0.05) is 26.8 Å². The van der Waals surface area contributed by atoms with Crippen molar-refractivity contribution in [3.05, 3.63) is 29.3 Å². The molecule has 0 heterocycles. The Hall–Kier alpha value is -1.49. The molecule has 2 heteroatoms.